The molecular weight excluding hydrogens is 270 g/mol. The van der Waals surface area contributed by atoms with Crippen LogP contribution < -0.4 is 4.74 Å². The van der Waals surface area contributed by atoms with E-state index in [1.807, 2.05) is 0 Å². The number of carbonyl (C=O) groups is 2. The van der Waals surface area contributed by atoms with Crippen LogP contribution in [0.3, 0.4) is 0 Å². The van der Waals surface area contributed by atoms with Crippen molar-refractivity contribution in [3.63, 3.8) is 0 Å². The summed E-state index contributed by atoms with van der Waals surface area (Å²) in [6.45, 7) is 0. The van der Waals surface area contributed by atoms with Gasteiger partial charge in [0.1, 0.15) is 22.8 Å². The van der Waals surface area contributed by atoms with Crippen LogP contribution in [0.1, 0.15) is 20.9 Å². The third-order valence-corrected chi connectivity index (χ3v) is 2.55. The molecule has 0 aliphatic carbocycles. The second-order valence-corrected chi connectivity index (χ2v) is 3.76. The normalized spacial score (nSPS) is 10.2. The van der Waals surface area contributed by atoms with E-state index in [0.29, 0.717) is 0 Å². The number of phenols is 1. The predicted octanol–water partition coefficient (Wildman–Crippen LogP) is 1.45. The summed E-state index contributed by atoms with van der Waals surface area (Å²) in [4.78, 5) is 21.7. The number of aromatic hydroxyl groups is 1. The molecule has 0 radical (unpaired) electrons. The average molecular weight is 279 g/mol. The first-order chi connectivity index (χ1) is 9.43. The molecule has 0 bridgehead atoms. The molecule has 1 heterocycles. The first-order valence-electron chi connectivity index (χ1n) is 5.28. The van der Waals surface area contributed by atoms with Crippen LogP contribution in [-0.4, -0.2) is 39.5 Å². The molecule has 1 aromatic heterocycles. The van der Waals surface area contributed by atoms with E-state index in [4.69, 9.17) is 14.9 Å². The van der Waals surface area contributed by atoms with Crippen LogP contribution >= 0.6 is 0 Å². The van der Waals surface area contributed by atoms with Crippen LogP contribution in [0.2, 0.25) is 0 Å². The van der Waals surface area contributed by atoms with Crippen molar-refractivity contribution < 1.29 is 34.2 Å². The van der Waals surface area contributed by atoms with Crippen LogP contribution in [0.25, 0.3) is 11.3 Å². The van der Waals surface area contributed by atoms with E-state index in [0.717, 1.165) is 18.2 Å². The van der Waals surface area contributed by atoms with E-state index in [2.05, 4.69) is 9.68 Å². The number of ether oxygens (including phenoxy) is 1. The summed E-state index contributed by atoms with van der Waals surface area (Å²) in [6.07, 6.45) is 0. The minimum atomic E-state index is -1.34. The Hall–Kier alpha value is -3.03. The molecule has 0 atom stereocenters. The van der Waals surface area contributed by atoms with Gasteiger partial charge in [-0.15, -0.1) is 0 Å². The molecule has 0 aliphatic rings. The second-order valence-electron chi connectivity index (χ2n) is 3.76. The quantitative estimate of drug-likeness (QED) is 0.766. The smallest absolute Gasteiger partial charge is 0.374 e. The minimum absolute atomic E-state index is 0.0850. The number of carboxylic acids is 2. The lowest BCUT2D eigenvalue weighted by molar-refractivity contribution is 0.0649. The number of aromatic carboxylic acids is 2. The highest BCUT2D eigenvalue weighted by Gasteiger charge is 2.20. The SMILES string of the molecule is COc1cc(O)c(C(=O)O)cc1-c1cc(C(=O)O)on1. The van der Waals surface area contributed by atoms with Crippen molar-refractivity contribution in [2.24, 2.45) is 0 Å². The molecule has 20 heavy (non-hydrogen) atoms. The Kier molecular flexibility index (Phi) is 3.30. The van der Waals surface area contributed by atoms with Crippen molar-refractivity contribution in [3.8, 4) is 22.8 Å². The number of methoxy groups -OCH3 is 1. The Morgan fingerprint density at radius 2 is 1.90 bits per heavy atom. The zero-order valence-corrected chi connectivity index (χ0v) is 10.2. The third-order valence-electron chi connectivity index (χ3n) is 2.55. The summed E-state index contributed by atoms with van der Waals surface area (Å²) in [5.74, 6) is -3.38. The minimum Gasteiger partial charge on any atom is -0.507 e. The monoisotopic (exact) mass is 279 g/mol. The van der Waals surface area contributed by atoms with Gasteiger partial charge in [0.25, 0.3) is 0 Å². The highest BCUT2D eigenvalue weighted by molar-refractivity contribution is 5.94. The van der Waals surface area contributed by atoms with Crippen molar-refractivity contribution >= 4 is 11.9 Å². The van der Waals surface area contributed by atoms with Gasteiger partial charge < -0.3 is 24.6 Å². The van der Waals surface area contributed by atoms with Gasteiger partial charge in [0.2, 0.25) is 5.76 Å². The zero-order valence-electron chi connectivity index (χ0n) is 10.2. The molecule has 0 amide bonds. The predicted molar refractivity (Wildman–Crippen MR) is 64.1 cm³/mol. The van der Waals surface area contributed by atoms with Gasteiger partial charge in [-0.3, -0.25) is 0 Å². The van der Waals surface area contributed by atoms with Gasteiger partial charge in [0.15, 0.2) is 0 Å². The van der Waals surface area contributed by atoms with Crippen molar-refractivity contribution in [2.75, 3.05) is 7.11 Å². The molecule has 0 spiro atoms. The number of hydrogen-bond donors (Lipinski definition) is 3. The standard InChI is InChI=1S/C12H9NO7/c1-19-9-4-8(14)6(11(15)16)2-5(9)7-3-10(12(17)18)20-13-7/h2-4,14H,1H3,(H,15,16)(H,17,18). The van der Waals surface area contributed by atoms with Gasteiger partial charge in [0, 0.05) is 17.7 Å². The Morgan fingerprint density at radius 3 is 2.40 bits per heavy atom. The van der Waals surface area contributed by atoms with Gasteiger partial charge in [-0.1, -0.05) is 5.16 Å². The molecule has 0 unspecified atom stereocenters. The molecule has 0 fully saturated rings. The molecule has 0 aliphatic heterocycles. The van der Waals surface area contributed by atoms with E-state index in [1.165, 1.54) is 7.11 Å². The Morgan fingerprint density at radius 1 is 1.20 bits per heavy atom. The number of benzene rings is 1. The number of rotatable bonds is 4. The number of hydrogen-bond acceptors (Lipinski definition) is 6. The maximum atomic E-state index is 11.0. The summed E-state index contributed by atoms with van der Waals surface area (Å²) in [5.41, 5.74) is -0.0821. The van der Waals surface area contributed by atoms with Gasteiger partial charge >= 0.3 is 11.9 Å². The van der Waals surface area contributed by atoms with E-state index in [9.17, 15) is 14.7 Å². The van der Waals surface area contributed by atoms with Crippen molar-refractivity contribution in [2.45, 2.75) is 0 Å². The summed E-state index contributed by atoms with van der Waals surface area (Å²) in [5, 5.41) is 30.8. The van der Waals surface area contributed by atoms with Gasteiger partial charge in [-0.05, 0) is 6.07 Å². The fourth-order valence-electron chi connectivity index (χ4n) is 1.61. The number of carboxylic acid groups (broad SMARTS) is 2. The highest BCUT2D eigenvalue weighted by atomic mass is 16.5. The first kappa shape index (κ1) is 13.4. The maximum Gasteiger partial charge on any atom is 0.374 e. The summed E-state index contributed by atoms with van der Waals surface area (Å²) < 4.78 is 9.60. The summed E-state index contributed by atoms with van der Waals surface area (Å²) in [6, 6.07) is 3.36. The van der Waals surface area contributed by atoms with Crippen LogP contribution in [0.4, 0.5) is 0 Å². The van der Waals surface area contributed by atoms with Crippen molar-refractivity contribution in [1.82, 2.24) is 5.16 Å². The lowest BCUT2D eigenvalue weighted by Crippen LogP contribution is -1.99. The van der Waals surface area contributed by atoms with E-state index >= 15 is 0 Å². The molecule has 0 saturated heterocycles. The molecule has 0 saturated carbocycles. The van der Waals surface area contributed by atoms with Crippen LogP contribution in [0.15, 0.2) is 22.7 Å². The van der Waals surface area contributed by atoms with Crippen molar-refractivity contribution in [3.05, 3.63) is 29.5 Å². The third kappa shape index (κ3) is 2.26. The van der Waals surface area contributed by atoms with Crippen molar-refractivity contribution in [1.29, 1.82) is 0 Å². The van der Waals surface area contributed by atoms with Crippen LogP contribution in [0, 0.1) is 0 Å². The van der Waals surface area contributed by atoms with Gasteiger partial charge in [-0.25, -0.2) is 9.59 Å². The van der Waals surface area contributed by atoms with E-state index < -0.39 is 23.4 Å². The molecule has 8 heteroatoms. The zero-order chi connectivity index (χ0) is 14.9. The van der Waals surface area contributed by atoms with Gasteiger partial charge in [0.05, 0.1) is 7.11 Å². The fourth-order valence-corrected chi connectivity index (χ4v) is 1.61. The lowest BCUT2D eigenvalue weighted by Gasteiger charge is -2.08. The average Bonchev–Trinajstić information content (AvgIpc) is 2.87. The Balaban J connectivity index is 2.61. The lowest BCUT2D eigenvalue weighted by atomic mass is 10.1. The molecule has 3 N–H and O–H groups in total. The molecule has 2 rings (SSSR count). The van der Waals surface area contributed by atoms with Gasteiger partial charge in [-0.2, -0.15) is 0 Å². The molecule has 104 valence electrons. The largest absolute Gasteiger partial charge is 0.507 e. The first-order valence-corrected chi connectivity index (χ1v) is 5.28. The summed E-state index contributed by atoms with van der Waals surface area (Å²) in [7, 11) is 1.32. The van der Waals surface area contributed by atoms with E-state index in [-0.39, 0.29) is 22.6 Å². The Bertz CT molecular complexity index is 689. The highest BCUT2D eigenvalue weighted by Crippen LogP contribution is 2.35. The maximum absolute atomic E-state index is 11.0. The number of aromatic nitrogens is 1. The molecular formula is C12H9NO7. The fraction of sp³-hybridized carbons (Fsp3) is 0.0833. The topological polar surface area (TPSA) is 130 Å². The number of nitrogens with zero attached hydrogens (tertiary/aromatic N) is 1. The Labute approximate surface area is 111 Å². The van der Waals surface area contributed by atoms with E-state index in [1.54, 1.807) is 0 Å². The summed E-state index contributed by atoms with van der Waals surface area (Å²) >= 11 is 0. The second kappa shape index (κ2) is 4.92. The molecule has 8 nitrogen and oxygen atoms in total. The van der Waals surface area contributed by atoms with Crippen LogP contribution in [0.5, 0.6) is 11.5 Å². The molecule has 2 aromatic rings. The van der Waals surface area contributed by atoms with Crippen LogP contribution in [-0.2, 0) is 0 Å². The molecule has 1 aromatic carbocycles.